The highest BCUT2D eigenvalue weighted by Gasteiger charge is 2.14. The number of ether oxygens (including phenoxy) is 1. The second-order valence-corrected chi connectivity index (χ2v) is 2.92. The van der Waals surface area contributed by atoms with Gasteiger partial charge in [-0.2, -0.15) is 0 Å². The molecule has 1 aliphatic rings. The second kappa shape index (κ2) is 4.93. The van der Waals surface area contributed by atoms with Crippen LogP contribution in [-0.4, -0.2) is 25.2 Å². The molecule has 1 unspecified atom stereocenters. The number of nitrogens with one attached hydrogen (secondary N) is 1. The Balaban J connectivity index is 2.01. The average molecular weight is 169 g/mol. The number of carbonyl (C=O) groups excluding carboxylic acids is 1. The molecule has 68 valence electrons. The van der Waals surface area contributed by atoms with Crippen LogP contribution in [0.2, 0.25) is 0 Å². The molecule has 0 spiro atoms. The van der Waals surface area contributed by atoms with E-state index in [0.29, 0.717) is 12.6 Å². The van der Waals surface area contributed by atoms with Crippen molar-refractivity contribution in [2.45, 2.75) is 25.4 Å². The summed E-state index contributed by atoms with van der Waals surface area (Å²) in [6, 6.07) is 0. The third-order valence-electron chi connectivity index (χ3n) is 1.97. The van der Waals surface area contributed by atoms with Gasteiger partial charge in [0.1, 0.15) is 0 Å². The number of hydrogen-bond donors (Lipinski definition) is 1. The van der Waals surface area contributed by atoms with Crippen molar-refractivity contribution in [3.8, 4) is 0 Å². The van der Waals surface area contributed by atoms with E-state index in [-0.39, 0.29) is 5.91 Å². The summed E-state index contributed by atoms with van der Waals surface area (Å²) in [7, 11) is 0. The van der Waals surface area contributed by atoms with Crippen LogP contribution in [-0.2, 0) is 9.53 Å². The fourth-order valence-electron chi connectivity index (χ4n) is 1.30. The van der Waals surface area contributed by atoms with Gasteiger partial charge in [-0.3, -0.25) is 4.79 Å². The molecule has 0 aromatic rings. The van der Waals surface area contributed by atoms with Crippen LogP contribution in [0.15, 0.2) is 12.7 Å². The Labute approximate surface area is 72.8 Å². The molecule has 1 amide bonds. The number of hydrogen-bond acceptors (Lipinski definition) is 2. The molecule has 1 rings (SSSR count). The summed E-state index contributed by atoms with van der Waals surface area (Å²) in [4.78, 5) is 10.7. The van der Waals surface area contributed by atoms with Crippen LogP contribution in [0.1, 0.15) is 19.3 Å². The predicted molar refractivity (Wildman–Crippen MR) is 46.8 cm³/mol. The Kier molecular flexibility index (Phi) is 3.80. The molecule has 3 heteroatoms. The van der Waals surface area contributed by atoms with Gasteiger partial charge in [0.05, 0.1) is 6.10 Å². The first-order valence-corrected chi connectivity index (χ1v) is 4.35. The van der Waals surface area contributed by atoms with Crippen LogP contribution in [0.4, 0.5) is 0 Å². The first-order chi connectivity index (χ1) is 5.83. The number of carbonyl (C=O) groups is 1. The maximum absolute atomic E-state index is 10.7. The highest BCUT2D eigenvalue weighted by atomic mass is 16.5. The SMILES string of the molecule is C=CC(=O)NCCC1CCCO1. The van der Waals surface area contributed by atoms with Crippen molar-refractivity contribution in [2.75, 3.05) is 13.2 Å². The van der Waals surface area contributed by atoms with Gasteiger partial charge < -0.3 is 10.1 Å². The lowest BCUT2D eigenvalue weighted by Gasteiger charge is -2.08. The summed E-state index contributed by atoms with van der Waals surface area (Å²) in [5.41, 5.74) is 0. The minimum Gasteiger partial charge on any atom is -0.378 e. The number of amides is 1. The van der Waals surface area contributed by atoms with Gasteiger partial charge in [0.2, 0.25) is 5.91 Å². The average Bonchev–Trinajstić information content (AvgIpc) is 2.57. The maximum Gasteiger partial charge on any atom is 0.243 e. The zero-order valence-corrected chi connectivity index (χ0v) is 7.21. The van der Waals surface area contributed by atoms with Crippen molar-refractivity contribution in [1.82, 2.24) is 5.32 Å². The largest absolute Gasteiger partial charge is 0.378 e. The van der Waals surface area contributed by atoms with Crippen molar-refractivity contribution >= 4 is 5.91 Å². The third kappa shape index (κ3) is 3.05. The molecule has 1 aliphatic heterocycles. The highest BCUT2D eigenvalue weighted by molar-refractivity contribution is 5.86. The third-order valence-corrected chi connectivity index (χ3v) is 1.97. The molecule has 1 saturated heterocycles. The van der Waals surface area contributed by atoms with E-state index in [1.165, 1.54) is 6.08 Å². The molecule has 0 aliphatic carbocycles. The van der Waals surface area contributed by atoms with Crippen LogP contribution < -0.4 is 5.32 Å². The van der Waals surface area contributed by atoms with Gasteiger partial charge in [0.25, 0.3) is 0 Å². The van der Waals surface area contributed by atoms with E-state index in [0.717, 1.165) is 25.9 Å². The van der Waals surface area contributed by atoms with E-state index < -0.39 is 0 Å². The monoisotopic (exact) mass is 169 g/mol. The molecule has 3 nitrogen and oxygen atoms in total. The van der Waals surface area contributed by atoms with Gasteiger partial charge in [-0.15, -0.1) is 0 Å². The molecule has 1 fully saturated rings. The molecule has 1 atom stereocenters. The summed E-state index contributed by atoms with van der Waals surface area (Å²) >= 11 is 0. The lowest BCUT2D eigenvalue weighted by molar-refractivity contribution is -0.116. The maximum atomic E-state index is 10.7. The smallest absolute Gasteiger partial charge is 0.243 e. The fraction of sp³-hybridized carbons (Fsp3) is 0.667. The summed E-state index contributed by atoms with van der Waals surface area (Å²) in [5.74, 6) is -0.104. The van der Waals surface area contributed by atoms with Crippen LogP contribution >= 0.6 is 0 Å². The molecule has 0 aromatic carbocycles. The fourth-order valence-corrected chi connectivity index (χ4v) is 1.30. The van der Waals surface area contributed by atoms with Gasteiger partial charge in [0.15, 0.2) is 0 Å². The van der Waals surface area contributed by atoms with E-state index in [1.54, 1.807) is 0 Å². The van der Waals surface area contributed by atoms with Crippen LogP contribution in [0, 0.1) is 0 Å². The summed E-state index contributed by atoms with van der Waals surface area (Å²) < 4.78 is 5.39. The summed E-state index contributed by atoms with van der Waals surface area (Å²) in [6.45, 7) is 4.93. The molecule has 0 saturated carbocycles. The highest BCUT2D eigenvalue weighted by Crippen LogP contribution is 2.14. The summed E-state index contributed by atoms with van der Waals surface area (Å²) in [5, 5.41) is 2.72. The molecule has 0 aromatic heterocycles. The van der Waals surface area contributed by atoms with Crippen LogP contribution in [0.25, 0.3) is 0 Å². The van der Waals surface area contributed by atoms with Crippen LogP contribution in [0.3, 0.4) is 0 Å². The standard InChI is InChI=1S/C9H15NO2/c1-2-9(11)10-6-5-8-4-3-7-12-8/h2,8H,1,3-7H2,(H,10,11). The Morgan fingerprint density at radius 1 is 1.75 bits per heavy atom. The van der Waals surface area contributed by atoms with Gasteiger partial charge in [0, 0.05) is 13.2 Å². The Morgan fingerprint density at radius 2 is 2.58 bits per heavy atom. The van der Waals surface area contributed by atoms with Gasteiger partial charge in [-0.1, -0.05) is 6.58 Å². The molecule has 0 radical (unpaired) electrons. The minimum absolute atomic E-state index is 0.104. The van der Waals surface area contributed by atoms with Gasteiger partial charge in [-0.25, -0.2) is 0 Å². The minimum atomic E-state index is -0.104. The van der Waals surface area contributed by atoms with Gasteiger partial charge in [-0.05, 0) is 25.3 Å². The van der Waals surface area contributed by atoms with E-state index in [1.807, 2.05) is 0 Å². The van der Waals surface area contributed by atoms with Crippen LogP contribution in [0.5, 0.6) is 0 Å². The van der Waals surface area contributed by atoms with Crippen molar-refractivity contribution in [2.24, 2.45) is 0 Å². The zero-order chi connectivity index (χ0) is 8.81. The van der Waals surface area contributed by atoms with Crippen molar-refractivity contribution in [3.63, 3.8) is 0 Å². The Bertz CT molecular complexity index is 162. The first-order valence-electron chi connectivity index (χ1n) is 4.35. The van der Waals surface area contributed by atoms with Crippen molar-refractivity contribution in [3.05, 3.63) is 12.7 Å². The molecule has 0 bridgehead atoms. The van der Waals surface area contributed by atoms with E-state index in [2.05, 4.69) is 11.9 Å². The summed E-state index contributed by atoms with van der Waals surface area (Å²) in [6.07, 6.45) is 4.84. The Morgan fingerprint density at radius 3 is 3.17 bits per heavy atom. The van der Waals surface area contributed by atoms with Crippen molar-refractivity contribution < 1.29 is 9.53 Å². The predicted octanol–water partition coefficient (Wildman–Crippen LogP) is 0.858. The quantitative estimate of drug-likeness (QED) is 0.634. The molecule has 12 heavy (non-hydrogen) atoms. The normalized spacial score (nSPS) is 22.2. The van der Waals surface area contributed by atoms with E-state index in [9.17, 15) is 4.79 Å². The molecular formula is C9H15NO2. The molecular weight excluding hydrogens is 154 g/mol. The molecule has 1 heterocycles. The van der Waals surface area contributed by atoms with E-state index in [4.69, 9.17) is 4.74 Å². The zero-order valence-electron chi connectivity index (χ0n) is 7.21. The topological polar surface area (TPSA) is 38.3 Å². The molecule has 1 N–H and O–H groups in total. The second-order valence-electron chi connectivity index (χ2n) is 2.92. The first kappa shape index (κ1) is 9.26. The Hall–Kier alpha value is -0.830. The van der Waals surface area contributed by atoms with Gasteiger partial charge >= 0.3 is 0 Å². The lowest BCUT2D eigenvalue weighted by atomic mass is 10.2. The number of rotatable bonds is 4. The van der Waals surface area contributed by atoms with Crippen molar-refractivity contribution in [1.29, 1.82) is 0 Å². The van der Waals surface area contributed by atoms with E-state index >= 15 is 0 Å². The lowest BCUT2D eigenvalue weighted by Crippen LogP contribution is -2.24.